The van der Waals surface area contributed by atoms with Gasteiger partial charge in [0.25, 0.3) is 0 Å². The molecule has 0 aliphatic carbocycles. The zero-order valence-electron chi connectivity index (χ0n) is 15.6. The van der Waals surface area contributed by atoms with Crippen LogP contribution in [0.1, 0.15) is 22.7 Å². The summed E-state index contributed by atoms with van der Waals surface area (Å²) in [6, 6.07) is 21.8. The number of nitrogens with one attached hydrogen (secondary N) is 1. The summed E-state index contributed by atoms with van der Waals surface area (Å²) in [5, 5.41) is 4.00. The lowest BCUT2D eigenvalue weighted by atomic mass is 9.91. The molecule has 4 rings (SSSR count). The van der Waals surface area contributed by atoms with Gasteiger partial charge in [0.2, 0.25) is 0 Å². The first-order valence-electron chi connectivity index (χ1n) is 9.37. The SMILES string of the molecule is O=C(C=Cc1ccc(Sc2ccccc2Br)c(Cl)c1)C1NCCc2ccccc21. The maximum atomic E-state index is 12.8. The summed E-state index contributed by atoms with van der Waals surface area (Å²) in [6.45, 7) is 0.814. The van der Waals surface area contributed by atoms with Crippen molar-refractivity contribution in [1.29, 1.82) is 0 Å². The molecule has 0 fully saturated rings. The third-order valence-corrected chi connectivity index (χ3v) is 7.38. The number of halogens is 2. The third-order valence-electron chi connectivity index (χ3n) is 4.85. The Hall–Kier alpha value is -1.85. The van der Waals surface area contributed by atoms with E-state index in [2.05, 4.69) is 27.3 Å². The van der Waals surface area contributed by atoms with Gasteiger partial charge in [-0.3, -0.25) is 4.79 Å². The number of fused-ring (bicyclic) bond motifs is 1. The highest BCUT2D eigenvalue weighted by molar-refractivity contribution is 9.10. The van der Waals surface area contributed by atoms with Crippen molar-refractivity contribution in [3.05, 3.63) is 99.0 Å². The second kappa shape index (κ2) is 9.31. The van der Waals surface area contributed by atoms with E-state index in [1.807, 2.05) is 66.7 Å². The van der Waals surface area contributed by atoms with Gasteiger partial charge in [0.15, 0.2) is 5.78 Å². The number of hydrogen-bond acceptors (Lipinski definition) is 3. The molecule has 0 aromatic heterocycles. The Morgan fingerprint density at radius 3 is 2.69 bits per heavy atom. The lowest BCUT2D eigenvalue weighted by molar-refractivity contribution is -0.116. The highest BCUT2D eigenvalue weighted by atomic mass is 79.9. The Bertz CT molecular complexity index is 1080. The van der Waals surface area contributed by atoms with Crippen LogP contribution in [-0.4, -0.2) is 12.3 Å². The quantitative estimate of drug-likeness (QED) is 0.407. The Morgan fingerprint density at radius 2 is 1.86 bits per heavy atom. The van der Waals surface area contributed by atoms with Gasteiger partial charge in [-0.2, -0.15) is 0 Å². The normalized spacial score (nSPS) is 16.0. The van der Waals surface area contributed by atoms with E-state index in [-0.39, 0.29) is 11.8 Å². The second-order valence-corrected chi connectivity index (χ2v) is 9.14. The van der Waals surface area contributed by atoms with Crippen molar-refractivity contribution in [3.8, 4) is 0 Å². The molecular formula is C24H19BrClNOS. The first-order valence-corrected chi connectivity index (χ1v) is 11.4. The molecule has 1 unspecified atom stereocenters. The van der Waals surface area contributed by atoms with Gasteiger partial charge in [0.1, 0.15) is 0 Å². The van der Waals surface area contributed by atoms with E-state index in [1.165, 1.54) is 5.56 Å². The first kappa shape index (κ1) is 20.4. The largest absolute Gasteiger partial charge is 0.303 e. The summed E-state index contributed by atoms with van der Waals surface area (Å²) in [6.07, 6.45) is 4.43. The predicted molar refractivity (Wildman–Crippen MR) is 125 cm³/mol. The van der Waals surface area contributed by atoms with Gasteiger partial charge in [0.05, 0.1) is 11.1 Å². The van der Waals surface area contributed by atoms with Crippen LogP contribution in [-0.2, 0) is 11.2 Å². The summed E-state index contributed by atoms with van der Waals surface area (Å²) in [5.41, 5.74) is 3.23. The third kappa shape index (κ3) is 4.84. The molecule has 29 heavy (non-hydrogen) atoms. The van der Waals surface area contributed by atoms with Gasteiger partial charge in [-0.05, 0) is 69.4 Å². The fourth-order valence-electron chi connectivity index (χ4n) is 3.38. The lowest BCUT2D eigenvalue weighted by Gasteiger charge is -2.24. The van der Waals surface area contributed by atoms with Crippen molar-refractivity contribution in [2.45, 2.75) is 22.3 Å². The molecule has 0 amide bonds. The summed E-state index contributed by atoms with van der Waals surface area (Å²) < 4.78 is 1.04. The molecule has 0 saturated carbocycles. The van der Waals surface area contributed by atoms with Crippen molar-refractivity contribution in [3.63, 3.8) is 0 Å². The predicted octanol–water partition coefficient (Wildman–Crippen LogP) is 6.72. The van der Waals surface area contributed by atoms with Crippen molar-refractivity contribution in [2.24, 2.45) is 0 Å². The van der Waals surface area contributed by atoms with Crippen molar-refractivity contribution in [2.75, 3.05) is 6.54 Å². The molecule has 2 nitrogen and oxygen atoms in total. The number of hydrogen-bond donors (Lipinski definition) is 1. The van der Waals surface area contributed by atoms with Gasteiger partial charge in [-0.25, -0.2) is 0 Å². The molecule has 1 N–H and O–H groups in total. The maximum absolute atomic E-state index is 12.8. The number of carbonyl (C=O) groups is 1. The van der Waals surface area contributed by atoms with E-state index >= 15 is 0 Å². The average Bonchev–Trinajstić information content (AvgIpc) is 2.75. The van der Waals surface area contributed by atoms with Crippen LogP contribution >= 0.6 is 39.3 Å². The summed E-state index contributed by atoms with van der Waals surface area (Å²) in [4.78, 5) is 14.9. The van der Waals surface area contributed by atoms with Crippen molar-refractivity contribution < 1.29 is 4.79 Å². The van der Waals surface area contributed by atoms with Crippen LogP contribution in [0.25, 0.3) is 6.08 Å². The Balaban J connectivity index is 1.49. The maximum Gasteiger partial charge on any atom is 0.177 e. The van der Waals surface area contributed by atoms with Gasteiger partial charge < -0.3 is 5.32 Å². The number of rotatable bonds is 5. The van der Waals surface area contributed by atoms with Crippen LogP contribution in [0.4, 0.5) is 0 Å². The van der Waals surface area contributed by atoms with E-state index in [9.17, 15) is 4.79 Å². The van der Waals surface area contributed by atoms with E-state index < -0.39 is 0 Å². The zero-order valence-corrected chi connectivity index (χ0v) is 18.7. The summed E-state index contributed by atoms with van der Waals surface area (Å²) >= 11 is 11.7. The number of benzene rings is 3. The van der Waals surface area contributed by atoms with Gasteiger partial charge in [-0.15, -0.1) is 0 Å². The van der Waals surface area contributed by atoms with E-state index in [0.717, 1.165) is 38.4 Å². The van der Waals surface area contributed by atoms with E-state index in [1.54, 1.807) is 17.8 Å². The van der Waals surface area contributed by atoms with Crippen LogP contribution in [0.5, 0.6) is 0 Å². The molecule has 1 heterocycles. The van der Waals surface area contributed by atoms with Crippen LogP contribution in [0.15, 0.2) is 87.1 Å². The van der Waals surface area contributed by atoms with Crippen LogP contribution < -0.4 is 5.32 Å². The summed E-state index contributed by atoms with van der Waals surface area (Å²) in [7, 11) is 0. The molecule has 1 atom stereocenters. The van der Waals surface area contributed by atoms with Crippen LogP contribution in [0, 0.1) is 0 Å². The molecule has 5 heteroatoms. The molecule has 3 aromatic rings. The molecule has 0 radical (unpaired) electrons. The second-order valence-electron chi connectivity index (χ2n) is 6.79. The minimum Gasteiger partial charge on any atom is -0.303 e. The van der Waals surface area contributed by atoms with Gasteiger partial charge >= 0.3 is 0 Å². The molecule has 0 spiro atoms. The van der Waals surface area contributed by atoms with Crippen LogP contribution in [0.3, 0.4) is 0 Å². The van der Waals surface area contributed by atoms with Gasteiger partial charge in [0, 0.05) is 20.8 Å². The standard InChI is InChI=1S/C24H19BrClNOS/c25-19-7-3-4-8-22(19)29-23-12-10-16(15-20(23)26)9-11-21(28)24-18-6-2-1-5-17(18)13-14-27-24/h1-12,15,24,27H,13-14H2. The van der Waals surface area contributed by atoms with E-state index in [4.69, 9.17) is 11.6 Å². The summed E-state index contributed by atoms with van der Waals surface area (Å²) in [5.74, 6) is 0.0555. The van der Waals surface area contributed by atoms with E-state index in [0.29, 0.717) is 5.02 Å². The van der Waals surface area contributed by atoms with Crippen LogP contribution in [0.2, 0.25) is 5.02 Å². The monoisotopic (exact) mass is 483 g/mol. The fourth-order valence-corrected chi connectivity index (χ4v) is 5.06. The number of ketones is 1. The zero-order chi connectivity index (χ0) is 20.2. The van der Waals surface area contributed by atoms with Crippen molar-refractivity contribution >= 4 is 51.2 Å². The topological polar surface area (TPSA) is 29.1 Å². The fraction of sp³-hybridized carbons (Fsp3) is 0.125. The minimum absolute atomic E-state index is 0.0555. The molecule has 1 aliphatic heterocycles. The molecular weight excluding hydrogens is 466 g/mol. The van der Waals surface area contributed by atoms with Crippen molar-refractivity contribution in [1.82, 2.24) is 5.32 Å². The molecule has 0 bridgehead atoms. The smallest absolute Gasteiger partial charge is 0.177 e. The molecule has 1 aliphatic rings. The molecule has 146 valence electrons. The number of carbonyl (C=O) groups excluding carboxylic acids is 1. The highest BCUT2D eigenvalue weighted by Gasteiger charge is 2.23. The highest BCUT2D eigenvalue weighted by Crippen LogP contribution is 2.37. The lowest BCUT2D eigenvalue weighted by Crippen LogP contribution is -2.34. The minimum atomic E-state index is -0.281. The Morgan fingerprint density at radius 1 is 1.07 bits per heavy atom. The molecule has 0 saturated heterocycles. The average molecular weight is 485 g/mol. The molecule has 3 aromatic carbocycles. The first-order chi connectivity index (χ1) is 14.1. The Kier molecular flexibility index (Phi) is 6.56. The Labute approximate surface area is 188 Å². The van der Waals surface area contributed by atoms with Gasteiger partial charge in [-0.1, -0.05) is 71.9 Å².